The maximum absolute atomic E-state index is 9.61. The topological polar surface area (TPSA) is 23.5 Å². The van der Waals surface area contributed by atoms with Crippen LogP contribution >= 0.6 is 0 Å². The third-order valence-electron chi connectivity index (χ3n) is 2.63. The zero-order valence-corrected chi connectivity index (χ0v) is 9.41. The number of hydrogen-bond donors (Lipinski definition) is 1. The Morgan fingerprint density at radius 1 is 1.36 bits per heavy atom. The molecule has 0 aliphatic rings. The standard InChI is InChI=1S/C12H19NO/c1-5-11(13(3)4)10-7-6-9(2)12(14)8-10/h6-8,11,14H,5H2,1-4H3. The van der Waals surface area contributed by atoms with Gasteiger partial charge < -0.3 is 10.0 Å². The van der Waals surface area contributed by atoms with E-state index in [4.69, 9.17) is 0 Å². The smallest absolute Gasteiger partial charge is 0.118 e. The molecule has 0 heterocycles. The van der Waals surface area contributed by atoms with Gasteiger partial charge in [0.1, 0.15) is 5.75 Å². The lowest BCUT2D eigenvalue weighted by Gasteiger charge is -2.23. The van der Waals surface area contributed by atoms with E-state index in [2.05, 4.69) is 32.0 Å². The minimum absolute atomic E-state index is 0.390. The van der Waals surface area contributed by atoms with Crippen molar-refractivity contribution < 1.29 is 5.11 Å². The Balaban J connectivity index is 3.00. The summed E-state index contributed by atoms with van der Waals surface area (Å²) in [6.07, 6.45) is 1.05. The molecule has 2 nitrogen and oxygen atoms in total. The molecule has 0 aromatic heterocycles. The van der Waals surface area contributed by atoms with Crippen LogP contribution < -0.4 is 0 Å². The zero-order valence-electron chi connectivity index (χ0n) is 9.41. The van der Waals surface area contributed by atoms with Crippen LogP contribution in [0.3, 0.4) is 0 Å². The minimum atomic E-state index is 0.390. The highest BCUT2D eigenvalue weighted by molar-refractivity contribution is 5.36. The summed E-state index contributed by atoms with van der Waals surface area (Å²) in [6.45, 7) is 4.07. The lowest BCUT2D eigenvalue weighted by molar-refractivity contribution is 0.291. The van der Waals surface area contributed by atoms with Crippen molar-refractivity contribution in [2.75, 3.05) is 14.1 Å². The van der Waals surface area contributed by atoms with E-state index in [-0.39, 0.29) is 0 Å². The molecule has 1 N–H and O–H groups in total. The molecule has 78 valence electrons. The summed E-state index contributed by atoms with van der Waals surface area (Å²) in [4.78, 5) is 2.17. The molecular formula is C12H19NO. The summed E-state index contributed by atoms with van der Waals surface area (Å²) in [5.41, 5.74) is 2.11. The highest BCUT2D eigenvalue weighted by atomic mass is 16.3. The van der Waals surface area contributed by atoms with Gasteiger partial charge in [0.2, 0.25) is 0 Å². The highest BCUT2D eigenvalue weighted by Gasteiger charge is 2.12. The van der Waals surface area contributed by atoms with E-state index in [0.29, 0.717) is 11.8 Å². The van der Waals surface area contributed by atoms with Crippen LogP contribution in [0.25, 0.3) is 0 Å². The molecule has 2 heteroatoms. The molecule has 0 spiro atoms. The SMILES string of the molecule is CCC(c1ccc(C)c(O)c1)N(C)C. The van der Waals surface area contributed by atoms with E-state index >= 15 is 0 Å². The van der Waals surface area contributed by atoms with Crippen molar-refractivity contribution in [3.05, 3.63) is 29.3 Å². The highest BCUT2D eigenvalue weighted by Crippen LogP contribution is 2.26. The first kappa shape index (κ1) is 11.1. The number of hydrogen-bond acceptors (Lipinski definition) is 2. The maximum atomic E-state index is 9.61. The summed E-state index contributed by atoms with van der Waals surface area (Å²) >= 11 is 0. The monoisotopic (exact) mass is 193 g/mol. The van der Waals surface area contributed by atoms with Crippen LogP contribution in [0.4, 0.5) is 0 Å². The number of rotatable bonds is 3. The number of nitrogens with zero attached hydrogens (tertiary/aromatic N) is 1. The first-order valence-electron chi connectivity index (χ1n) is 5.02. The van der Waals surface area contributed by atoms with Crippen molar-refractivity contribution in [1.29, 1.82) is 0 Å². The van der Waals surface area contributed by atoms with Gasteiger partial charge in [0.15, 0.2) is 0 Å². The van der Waals surface area contributed by atoms with E-state index in [0.717, 1.165) is 12.0 Å². The molecule has 0 saturated heterocycles. The molecule has 0 aliphatic heterocycles. The molecule has 0 bridgehead atoms. The van der Waals surface area contributed by atoms with E-state index in [1.54, 1.807) is 0 Å². The van der Waals surface area contributed by atoms with Crippen molar-refractivity contribution in [2.24, 2.45) is 0 Å². The summed E-state index contributed by atoms with van der Waals surface area (Å²) < 4.78 is 0. The molecule has 0 aliphatic carbocycles. The Morgan fingerprint density at radius 2 is 2.00 bits per heavy atom. The third kappa shape index (κ3) is 2.26. The Kier molecular flexibility index (Phi) is 3.53. The van der Waals surface area contributed by atoms with Gasteiger partial charge in [-0.15, -0.1) is 0 Å². The van der Waals surface area contributed by atoms with Crippen LogP contribution in [0.2, 0.25) is 0 Å². The largest absolute Gasteiger partial charge is 0.508 e. The fourth-order valence-electron chi connectivity index (χ4n) is 1.73. The molecule has 0 amide bonds. The molecular weight excluding hydrogens is 174 g/mol. The average Bonchev–Trinajstić information content (AvgIpc) is 2.11. The first-order chi connectivity index (χ1) is 6.56. The first-order valence-corrected chi connectivity index (χ1v) is 5.02. The summed E-state index contributed by atoms with van der Waals surface area (Å²) in [5.74, 6) is 0.391. The molecule has 1 aromatic rings. The van der Waals surface area contributed by atoms with E-state index < -0.39 is 0 Å². The van der Waals surface area contributed by atoms with Gasteiger partial charge >= 0.3 is 0 Å². The maximum Gasteiger partial charge on any atom is 0.118 e. The Hall–Kier alpha value is -1.02. The average molecular weight is 193 g/mol. The number of aromatic hydroxyl groups is 1. The Morgan fingerprint density at radius 3 is 2.43 bits per heavy atom. The predicted octanol–water partition coefficient (Wildman–Crippen LogP) is 2.71. The normalized spacial score (nSPS) is 13.2. The predicted molar refractivity (Wildman–Crippen MR) is 59.6 cm³/mol. The van der Waals surface area contributed by atoms with E-state index in [9.17, 15) is 5.11 Å². The number of phenolic OH excluding ortho intramolecular Hbond substituents is 1. The van der Waals surface area contributed by atoms with Gasteiger partial charge in [-0.05, 0) is 44.6 Å². The van der Waals surface area contributed by atoms with Crippen molar-refractivity contribution in [1.82, 2.24) is 4.90 Å². The van der Waals surface area contributed by atoms with Gasteiger partial charge in [-0.2, -0.15) is 0 Å². The fourth-order valence-corrected chi connectivity index (χ4v) is 1.73. The lowest BCUT2D eigenvalue weighted by Crippen LogP contribution is -2.18. The number of benzene rings is 1. The Labute approximate surface area is 86.2 Å². The molecule has 0 saturated carbocycles. The van der Waals surface area contributed by atoms with Crippen molar-refractivity contribution in [3.63, 3.8) is 0 Å². The summed E-state index contributed by atoms with van der Waals surface area (Å²) in [7, 11) is 4.12. The number of aryl methyl sites for hydroxylation is 1. The van der Waals surface area contributed by atoms with Gasteiger partial charge in [0, 0.05) is 6.04 Å². The second kappa shape index (κ2) is 4.47. The van der Waals surface area contributed by atoms with E-state index in [1.807, 2.05) is 19.1 Å². The molecule has 1 rings (SSSR count). The van der Waals surface area contributed by atoms with Crippen LogP contribution in [-0.4, -0.2) is 24.1 Å². The van der Waals surface area contributed by atoms with Crippen LogP contribution in [0, 0.1) is 6.92 Å². The quantitative estimate of drug-likeness (QED) is 0.797. The van der Waals surface area contributed by atoms with Gasteiger partial charge in [0.05, 0.1) is 0 Å². The van der Waals surface area contributed by atoms with Crippen LogP contribution in [0.5, 0.6) is 5.75 Å². The van der Waals surface area contributed by atoms with Crippen LogP contribution in [-0.2, 0) is 0 Å². The molecule has 0 fully saturated rings. The molecule has 14 heavy (non-hydrogen) atoms. The van der Waals surface area contributed by atoms with Crippen molar-refractivity contribution in [2.45, 2.75) is 26.3 Å². The molecule has 1 unspecified atom stereocenters. The summed E-state index contributed by atoms with van der Waals surface area (Å²) in [5, 5.41) is 9.61. The van der Waals surface area contributed by atoms with E-state index in [1.165, 1.54) is 5.56 Å². The Bertz CT molecular complexity index is 307. The van der Waals surface area contributed by atoms with Gasteiger partial charge in [-0.1, -0.05) is 19.1 Å². The third-order valence-corrected chi connectivity index (χ3v) is 2.63. The number of phenols is 1. The van der Waals surface area contributed by atoms with Crippen molar-refractivity contribution in [3.8, 4) is 5.75 Å². The molecule has 1 aromatic carbocycles. The molecule has 0 radical (unpaired) electrons. The zero-order chi connectivity index (χ0) is 10.7. The van der Waals surface area contributed by atoms with Crippen molar-refractivity contribution >= 4 is 0 Å². The molecule has 1 atom stereocenters. The summed E-state index contributed by atoms with van der Waals surface area (Å²) in [6, 6.07) is 6.31. The van der Waals surface area contributed by atoms with Gasteiger partial charge in [-0.25, -0.2) is 0 Å². The fraction of sp³-hybridized carbons (Fsp3) is 0.500. The van der Waals surface area contributed by atoms with Gasteiger partial charge in [0.25, 0.3) is 0 Å². The lowest BCUT2D eigenvalue weighted by atomic mass is 10.0. The minimum Gasteiger partial charge on any atom is -0.508 e. The second-order valence-electron chi connectivity index (χ2n) is 3.93. The van der Waals surface area contributed by atoms with Crippen LogP contribution in [0.1, 0.15) is 30.5 Å². The van der Waals surface area contributed by atoms with Gasteiger partial charge in [-0.3, -0.25) is 0 Å². The van der Waals surface area contributed by atoms with Crippen LogP contribution in [0.15, 0.2) is 18.2 Å². The second-order valence-corrected chi connectivity index (χ2v) is 3.93.